The SMILES string of the molecule is Cc1ccc2c(c1)c(=O)n(C)c1nnc(CN3C(=O)NC(C)(c4ccc5ccccc5c4)C3=O)n21. The number of amides is 3. The van der Waals surface area contributed by atoms with E-state index in [0.29, 0.717) is 28.1 Å². The van der Waals surface area contributed by atoms with Crippen LogP contribution in [0.4, 0.5) is 4.79 Å². The zero-order valence-electron chi connectivity index (χ0n) is 19.4. The second-order valence-corrected chi connectivity index (χ2v) is 9.14. The lowest BCUT2D eigenvalue weighted by Crippen LogP contribution is -2.40. The molecule has 1 aliphatic heterocycles. The summed E-state index contributed by atoms with van der Waals surface area (Å²) in [5.41, 5.74) is 0.871. The lowest BCUT2D eigenvalue weighted by atomic mass is 9.90. The molecular formula is C26H22N6O3. The topological polar surface area (TPSA) is 102 Å². The summed E-state index contributed by atoms with van der Waals surface area (Å²) in [5.74, 6) is 0.348. The first-order valence-electron chi connectivity index (χ1n) is 11.2. The Balaban J connectivity index is 1.43. The fourth-order valence-electron chi connectivity index (χ4n) is 4.84. The summed E-state index contributed by atoms with van der Waals surface area (Å²) in [6.07, 6.45) is 0. The molecule has 0 spiro atoms. The Morgan fingerprint density at radius 3 is 2.51 bits per heavy atom. The van der Waals surface area contributed by atoms with Crippen molar-refractivity contribution in [3.8, 4) is 0 Å². The summed E-state index contributed by atoms with van der Waals surface area (Å²) in [6.45, 7) is 3.54. The molecular weight excluding hydrogens is 444 g/mol. The number of nitrogens with one attached hydrogen (secondary N) is 1. The molecule has 1 atom stereocenters. The molecule has 5 aromatic rings. The van der Waals surface area contributed by atoms with Gasteiger partial charge in [-0.3, -0.25) is 23.5 Å². The van der Waals surface area contributed by atoms with Crippen LogP contribution in [0.3, 0.4) is 0 Å². The molecule has 3 amide bonds. The number of fused-ring (bicyclic) bond motifs is 4. The molecule has 1 aliphatic rings. The van der Waals surface area contributed by atoms with Crippen molar-refractivity contribution in [3.05, 3.63) is 88.0 Å². The van der Waals surface area contributed by atoms with Gasteiger partial charge in [-0.05, 0) is 48.4 Å². The Morgan fingerprint density at radius 1 is 0.943 bits per heavy atom. The zero-order valence-corrected chi connectivity index (χ0v) is 19.4. The van der Waals surface area contributed by atoms with Gasteiger partial charge in [0, 0.05) is 7.05 Å². The zero-order chi connectivity index (χ0) is 24.5. The first-order chi connectivity index (χ1) is 16.8. The largest absolute Gasteiger partial charge is 0.325 e. The summed E-state index contributed by atoms with van der Waals surface area (Å²) in [4.78, 5) is 40.6. The minimum absolute atomic E-state index is 0.0871. The molecule has 0 saturated carbocycles. The monoisotopic (exact) mass is 466 g/mol. The van der Waals surface area contributed by atoms with Crippen molar-refractivity contribution in [1.82, 2.24) is 29.4 Å². The molecule has 0 aliphatic carbocycles. The molecule has 3 aromatic carbocycles. The van der Waals surface area contributed by atoms with Crippen LogP contribution < -0.4 is 10.9 Å². The van der Waals surface area contributed by atoms with E-state index < -0.39 is 11.6 Å². The van der Waals surface area contributed by atoms with Crippen molar-refractivity contribution in [2.24, 2.45) is 7.05 Å². The Hall–Kier alpha value is -4.53. The molecule has 1 saturated heterocycles. The normalized spacial score (nSPS) is 18.2. The van der Waals surface area contributed by atoms with E-state index in [2.05, 4.69) is 15.5 Å². The summed E-state index contributed by atoms with van der Waals surface area (Å²) in [6, 6.07) is 18.6. The maximum atomic E-state index is 13.6. The first kappa shape index (κ1) is 21.0. The Morgan fingerprint density at radius 2 is 1.71 bits per heavy atom. The van der Waals surface area contributed by atoms with Gasteiger partial charge >= 0.3 is 6.03 Å². The number of nitrogens with zero attached hydrogens (tertiary/aromatic N) is 5. The predicted molar refractivity (Wildman–Crippen MR) is 131 cm³/mol. The van der Waals surface area contributed by atoms with Crippen LogP contribution in [0.15, 0.2) is 65.5 Å². The molecule has 35 heavy (non-hydrogen) atoms. The van der Waals surface area contributed by atoms with Crippen LogP contribution in [0.1, 0.15) is 23.9 Å². The molecule has 9 heteroatoms. The lowest BCUT2D eigenvalue weighted by molar-refractivity contribution is -0.131. The van der Waals surface area contributed by atoms with E-state index in [9.17, 15) is 14.4 Å². The molecule has 1 unspecified atom stereocenters. The summed E-state index contributed by atoms with van der Waals surface area (Å²) >= 11 is 0. The highest BCUT2D eigenvalue weighted by Crippen LogP contribution is 2.32. The van der Waals surface area contributed by atoms with E-state index >= 15 is 0 Å². The molecule has 0 radical (unpaired) electrons. The summed E-state index contributed by atoms with van der Waals surface area (Å²) < 4.78 is 3.14. The van der Waals surface area contributed by atoms with Gasteiger partial charge in [0.1, 0.15) is 5.54 Å². The maximum Gasteiger partial charge on any atom is 0.325 e. The predicted octanol–water partition coefficient (Wildman–Crippen LogP) is 3.01. The van der Waals surface area contributed by atoms with Gasteiger partial charge in [-0.1, -0.05) is 48.0 Å². The van der Waals surface area contributed by atoms with E-state index in [1.807, 2.05) is 67.6 Å². The van der Waals surface area contributed by atoms with Gasteiger partial charge in [0.05, 0.1) is 17.4 Å². The number of hydrogen-bond acceptors (Lipinski definition) is 5. The highest BCUT2D eigenvalue weighted by Gasteiger charge is 2.49. The number of hydrogen-bond donors (Lipinski definition) is 1. The van der Waals surface area contributed by atoms with Crippen molar-refractivity contribution in [3.63, 3.8) is 0 Å². The molecule has 9 nitrogen and oxygen atoms in total. The van der Waals surface area contributed by atoms with E-state index in [1.165, 1.54) is 4.57 Å². The number of aryl methyl sites for hydroxylation is 2. The van der Waals surface area contributed by atoms with Gasteiger partial charge in [0.2, 0.25) is 5.78 Å². The van der Waals surface area contributed by atoms with Gasteiger partial charge in [0.25, 0.3) is 11.5 Å². The van der Waals surface area contributed by atoms with E-state index in [1.54, 1.807) is 18.4 Å². The van der Waals surface area contributed by atoms with Crippen molar-refractivity contribution < 1.29 is 9.59 Å². The summed E-state index contributed by atoms with van der Waals surface area (Å²) in [5, 5.41) is 13.8. The van der Waals surface area contributed by atoms with Crippen LogP contribution in [0, 0.1) is 6.92 Å². The number of rotatable bonds is 3. The lowest BCUT2D eigenvalue weighted by Gasteiger charge is -2.22. The van der Waals surface area contributed by atoms with Gasteiger partial charge in [-0.25, -0.2) is 4.79 Å². The molecule has 6 rings (SSSR count). The molecule has 0 bridgehead atoms. The van der Waals surface area contributed by atoms with Crippen LogP contribution in [0.25, 0.3) is 27.5 Å². The van der Waals surface area contributed by atoms with Crippen molar-refractivity contribution in [1.29, 1.82) is 0 Å². The Bertz CT molecular complexity index is 1770. The van der Waals surface area contributed by atoms with Crippen LogP contribution in [0.5, 0.6) is 0 Å². The number of carbonyl (C=O) groups excluding carboxylic acids is 2. The van der Waals surface area contributed by atoms with Gasteiger partial charge in [-0.2, -0.15) is 0 Å². The number of benzene rings is 3. The third kappa shape index (κ3) is 2.97. The van der Waals surface area contributed by atoms with Crippen LogP contribution >= 0.6 is 0 Å². The second kappa shape index (κ2) is 7.23. The molecule has 174 valence electrons. The van der Waals surface area contributed by atoms with E-state index in [0.717, 1.165) is 21.2 Å². The Kier molecular flexibility index (Phi) is 4.35. The number of aromatic nitrogens is 4. The first-order valence-corrected chi connectivity index (χ1v) is 11.2. The fraction of sp³-hybridized carbons (Fsp3) is 0.192. The molecule has 2 aromatic heterocycles. The van der Waals surface area contributed by atoms with E-state index in [-0.39, 0.29) is 18.0 Å². The fourth-order valence-corrected chi connectivity index (χ4v) is 4.84. The highest BCUT2D eigenvalue weighted by molar-refractivity contribution is 6.07. The quantitative estimate of drug-likeness (QED) is 0.412. The molecule has 1 fully saturated rings. The minimum atomic E-state index is -1.21. The number of carbonyl (C=O) groups is 2. The van der Waals surface area contributed by atoms with E-state index in [4.69, 9.17) is 0 Å². The third-order valence-electron chi connectivity index (χ3n) is 6.84. The second-order valence-electron chi connectivity index (χ2n) is 9.14. The van der Waals surface area contributed by atoms with Crippen LogP contribution in [0.2, 0.25) is 0 Å². The van der Waals surface area contributed by atoms with Crippen molar-refractivity contribution in [2.45, 2.75) is 25.9 Å². The smallest absolute Gasteiger partial charge is 0.319 e. The molecule has 1 N–H and O–H groups in total. The molecule has 3 heterocycles. The average molecular weight is 467 g/mol. The average Bonchev–Trinajstić information content (AvgIpc) is 3.37. The number of urea groups is 1. The van der Waals surface area contributed by atoms with Gasteiger partial charge in [-0.15, -0.1) is 10.2 Å². The highest BCUT2D eigenvalue weighted by atomic mass is 16.2. The van der Waals surface area contributed by atoms with Gasteiger partial charge < -0.3 is 5.32 Å². The van der Waals surface area contributed by atoms with Crippen LogP contribution in [-0.4, -0.2) is 36.0 Å². The van der Waals surface area contributed by atoms with Crippen molar-refractivity contribution >= 4 is 39.4 Å². The standard InChI is InChI=1S/C26H22N6O3/c1-15-8-11-20-19(12-15)22(33)30(3)24-29-28-21(32(20)24)14-31-23(34)26(2,27-25(31)35)18-10-9-16-6-4-5-7-17(16)13-18/h4-13H,14H2,1-3H3,(H,27,35). The number of imide groups is 1. The third-order valence-corrected chi connectivity index (χ3v) is 6.84. The Labute approximate surface area is 199 Å². The van der Waals surface area contributed by atoms with Crippen LogP contribution in [-0.2, 0) is 23.9 Å². The van der Waals surface area contributed by atoms with Gasteiger partial charge in [0.15, 0.2) is 5.82 Å². The summed E-state index contributed by atoms with van der Waals surface area (Å²) in [7, 11) is 1.63. The van der Waals surface area contributed by atoms with Crippen molar-refractivity contribution in [2.75, 3.05) is 0 Å². The maximum absolute atomic E-state index is 13.6. The minimum Gasteiger partial charge on any atom is -0.319 e.